The number of hydrogen-bond acceptors (Lipinski definition) is 2. The number of ether oxygens (including phenoxy) is 1. The topological polar surface area (TPSA) is 38.3 Å². The first-order chi connectivity index (χ1) is 9.75. The van der Waals surface area contributed by atoms with Crippen LogP contribution in [0.2, 0.25) is 0 Å². The Kier molecular flexibility index (Phi) is 4.95. The molecular formula is C17H17NO2. The summed E-state index contributed by atoms with van der Waals surface area (Å²) in [7, 11) is 0. The number of rotatable bonds is 5. The van der Waals surface area contributed by atoms with Crippen molar-refractivity contribution < 1.29 is 9.53 Å². The van der Waals surface area contributed by atoms with E-state index in [1.54, 1.807) is 0 Å². The molecule has 0 atom stereocenters. The second-order valence-corrected chi connectivity index (χ2v) is 4.30. The fourth-order valence-corrected chi connectivity index (χ4v) is 1.77. The molecule has 0 aliphatic heterocycles. The van der Waals surface area contributed by atoms with Gasteiger partial charge in [0, 0.05) is 6.92 Å². The zero-order valence-electron chi connectivity index (χ0n) is 11.4. The van der Waals surface area contributed by atoms with Gasteiger partial charge in [-0.15, -0.1) is 0 Å². The Morgan fingerprint density at radius 2 is 1.80 bits per heavy atom. The number of nitrogens with one attached hydrogen (secondary N) is 1. The molecule has 0 aromatic heterocycles. The van der Waals surface area contributed by atoms with Crippen molar-refractivity contribution in [3.05, 3.63) is 66.2 Å². The normalized spacial score (nSPS) is 10.4. The largest absolute Gasteiger partial charge is 0.487 e. The van der Waals surface area contributed by atoms with E-state index in [0.29, 0.717) is 18.0 Å². The molecule has 0 aliphatic rings. The lowest BCUT2D eigenvalue weighted by atomic mass is 10.2. The van der Waals surface area contributed by atoms with Gasteiger partial charge >= 0.3 is 0 Å². The van der Waals surface area contributed by atoms with E-state index in [-0.39, 0.29) is 5.91 Å². The number of anilines is 1. The Bertz CT molecular complexity index is 591. The van der Waals surface area contributed by atoms with E-state index in [1.165, 1.54) is 6.92 Å². The standard InChI is InChI=1S/C17H17NO2/c1-14(19)18-16-11-5-6-12-17(16)20-13-7-10-15-8-3-2-4-9-15/h2-12H,13H2,1H3,(H,18,19). The Labute approximate surface area is 118 Å². The van der Waals surface area contributed by atoms with Crippen molar-refractivity contribution in [2.24, 2.45) is 0 Å². The van der Waals surface area contributed by atoms with Crippen LogP contribution in [0.3, 0.4) is 0 Å². The quantitative estimate of drug-likeness (QED) is 0.896. The molecule has 0 fully saturated rings. The highest BCUT2D eigenvalue weighted by Gasteiger charge is 2.02. The molecule has 0 aliphatic carbocycles. The molecule has 3 heteroatoms. The highest BCUT2D eigenvalue weighted by Crippen LogP contribution is 2.23. The van der Waals surface area contributed by atoms with Crippen molar-refractivity contribution in [1.29, 1.82) is 0 Å². The Hall–Kier alpha value is -2.55. The third-order valence-electron chi connectivity index (χ3n) is 2.64. The molecule has 0 unspecified atom stereocenters. The second-order valence-electron chi connectivity index (χ2n) is 4.30. The van der Waals surface area contributed by atoms with Gasteiger partial charge in [-0.3, -0.25) is 4.79 Å². The summed E-state index contributed by atoms with van der Waals surface area (Å²) in [6.07, 6.45) is 3.95. The lowest BCUT2D eigenvalue weighted by Gasteiger charge is -2.09. The summed E-state index contributed by atoms with van der Waals surface area (Å²) in [5.74, 6) is 0.557. The summed E-state index contributed by atoms with van der Waals surface area (Å²) < 4.78 is 5.66. The highest BCUT2D eigenvalue weighted by molar-refractivity contribution is 5.90. The van der Waals surface area contributed by atoms with Gasteiger partial charge in [-0.25, -0.2) is 0 Å². The number of carbonyl (C=O) groups excluding carboxylic acids is 1. The molecule has 0 bridgehead atoms. The van der Waals surface area contributed by atoms with Crippen molar-refractivity contribution in [1.82, 2.24) is 0 Å². The molecule has 3 nitrogen and oxygen atoms in total. The van der Waals surface area contributed by atoms with Gasteiger partial charge in [0.15, 0.2) is 0 Å². The first kappa shape index (κ1) is 13.9. The molecule has 2 rings (SSSR count). The van der Waals surface area contributed by atoms with Crippen molar-refractivity contribution in [3.8, 4) is 5.75 Å². The zero-order valence-corrected chi connectivity index (χ0v) is 11.4. The van der Waals surface area contributed by atoms with E-state index < -0.39 is 0 Å². The minimum absolute atomic E-state index is 0.110. The second kappa shape index (κ2) is 7.14. The smallest absolute Gasteiger partial charge is 0.221 e. The van der Waals surface area contributed by atoms with Crippen LogP contribution in [0.1, 0.15) is 12.5 Å². The van der Waals surface area contributed by atoms with Crippen LogP contribution in [0.4, 0.5) is 5.69 Å². The number of amides is 1. The molecule has 2 aromatic rings. The average molecular weight is 267 g/mol. The predicted molar refractivity (Wildman–Crippen MR) is 81.7 cm³/mol. The van der Waals surface area contributed by atoms with E-state index in [0.717, 1.165) is 5.56 Å². The molecule has 1 N–H and O–H groups in total. The molecular weight excluding hydrogens is 250 g/mol. The van der Waals surface area contributed by atoms with Crippen LogP contribution in [0.25, 0.3) is 6.08 Å². The van der Waals surface area contributed by atoms with Crippen LogP contribution < -0.4 is 10.1 Å². The molecule has 2 aromatic carbocycles. The number of hydrogen-bond donors (Lipinski definition) is 1. The third-order valence-corrected chi connectivity index (χ3v) is 2.64. The van der Waals surface area contributed by atoms with E-state index in [1.807, 2.05) is 66.7 Å². The summed E-state index contributed by atoms with van der Waals surface area (Å²) in [6, 6.07) is 17.4. The Morgan fingerprint density at radius 3 is 2.55 bits per heavy atom. The van der Waals surface area contributed by atoms with Gasteiger partial charge in [-0.2, -0.15) is 0 Å². The predicted octanol–water partition coefficient (Wildman–Crippen LogP) is 3.74. The molecule has 0 saturated carbocycles. The lowest BCUT2D eigenvalue weighted by Crippen LogP contribution is -2.07. The van der Waals surface area contributed by atoms with E-state index in [9.17, 15) is 4.79 Å². The van der Waals surface area contributed by atoms with E-state index in [4.69, 9.17) is 4.74 Å². The van der Waals surface area contributed by atoms with Gasteiger partial charge < -0.3 is 10.1 Å². The van der Waals surface area contributed by atoms with Crippen LogP contribution in [-0.2, 0) is 4.79 Å². The van der Waals surface area contributed by atoms with Gasteiger partial charge in [0.05, 0.1) is 5.69 Å². The lowest BCUT2D eigenvalue weighted by molar-refractivity contribution is -0.114. The maximum atomic E-state index is 11.1. The molecule has 20 heavy (non-hydrogen) atoms. The molecule has 0 saturated heterocycles. The van der Waals surface area contributed by atoms with Gasteiger partial charge in [0.2, 0.25) is 5.91 Å². The minimum Gasteiger partial charge on any atom is -0.487 e. The van der Waals surface area contributed by atoms with Crippen molar-refractivity contribution >= 4 is 17.7 Å². The zero-order chi connectivity index (χ0) is 14.2. The summed E-state index contributed by atoms with van der Waals surface area (Å²) in [5.41, 5.74) is 1.82. The summed E-state index contributed by atoms with van der Waals surface area (Å²) >= 11 is 0. The summed E-state index contributed by atoms with van der Waals surface area (Å²) in [4.78, 5) is 11.1. The van der Waals surface area contributed by atoms with Gasteiger partial charge in [0.1, 0.15) is 12.4 Å². The Morgan fingerprint density at radius 1 is 1.10 bits per heavy atom. The molecule has 0 spiro atoms. The monoisotopic (exact) mass is 267 g/mol. The number of carbonyl (C=O) groups is 1. The maximum Gasteiger partial charge on any atom is 0.221 e. The van der Waals surface area contributed by atoms with Crippen LogP contribution in [0.15, 0.2) is 60.7 Å². The minimum atomic E-state index is -0.110. The average Bonchev–Trinajstić information content (AvgIpc) is 2.46. The van der Waals surface area contributed by atoms with E-state index in [2.05, 4.69) is 5.32 Å². The van der Waals surface area contributed by atoms with Gasteiger partial charge in [-0.05, 0) is 23.8 Å². The fourth-order valence-electron chi connectivity index (χ4n) is 1.77. The molecule has 1 amide bonds. The summed E-state index contributed by atoms with van der Waals surface area (Å²) in [6.45, 7) is 1.93. The SMILES string of the molecule is CC(=O)Nc1ccccc1OCC=Cc1ccccc1. The van der Waals surface area contributed by atoms with Crippen LogP contribution >= 0.6 is 0 Å². The first-order valence-corrected chi connectivity index (χ1v) is 6.47. The van der Waals surface area contributed by atoms with Crippen molar-refractivity contribution in [3.63, 3.8) is 0 Å². The number of benzene rings is 2. The highest BCUT2D eigenvalue weighted by atomic mass is 16.5. The summed E-state index contributed by atoms with van der Waals surface area (Å²) in [5, 5.41) is 2.74. The first-order valence-electron chi connectivity index (χ1n) is 6.47. The fraction of sp³-hybridized carbons (Fsp3) is 0.118. The van der Waals surface area contributed by atoms with Crippen LogP contribution in [0.5, 0.6) is 5.75 Å². The Balaban J connectivity index is 1.94. The van der Waals surface area contributed by atoms with Gasteiger partial charge in [0.25, 0.3) is 0 Å². The van der Waals surface area contributed by atoms with E-state index >= 15 is 0 Å². The van der Waals surface area contributed by atoms with Crippen molar-refractivity contribution in [2.45, 2.75) is 6.92 Å². The maximum absolute atomic E-state index is 11.1. The van der Waals surface area contributed by atoms with Gasteiger partial charge in [-0.1, -0.05) is 48.5 Å². The van der Waals surface area contributed by atoms with Crippen LogP contribution in [-0.4, -0.2) is 12.5 Å². The number of para-hydroxylation sites is 2. The third kappa shape index (κ3) is 4.28. The van der Waals surface area contributed by atoms with Crippen LogP contribution in [0, 0.1) is 0 Å². The van der Waals surface area contributed by atoms with Crippen molar-refractivity contribution in [2.75, 3.05) is 11.9 Å². The molecule has 0 radical (unpaired) electrons. The molecule has 0 heterocycles. The molecule has 102 valence electrons.